The monoisotopic (exact) mass is 696 g/mol. The van der Waals surface area contributed by atoms with Crippen LogP contribution in [0.15, 0.2) is 84.6 Å². The minimum absolute atomic E-state index is 0.0218. The van der Waals surface area contributed by atoms with E-state index in [2.05, 4.69) is 26.5 Å². The molecule has 3 rings (SSSR count). The molecule has 0 aromatic rings. The summed E-state index contributed by atoms with van der Waals surface area (Å²) in [6, 6.07) is 0. The average Bonchev–Trinajstić information content (AvgIpc) is 3.07. The van der Waals surface area contributed by atoms with Gasteiger partial charge in [0, 0.05) is 31.3 Å². The number of rotatable bonds is 11. The zero-order chi connectivity index (χ0) is 36.7. The highest BCUT2D eigenvalue weighted by atomic mass is 16.6. The van der Waals surface area contributed by atoms with E-state index in [4.69, 9.17) is 18.9 Å². The quantitative estimate of drug-likeness (QED) is 0.166. The van der Waals surface area contributed by atoms with Crippen LogP contribution in [0.4, 0.5) is 0 Å². The smallest absolute Gasteiger partial charge is 0.335 e. The van der Waals surface area contributed by atoms with E-state index < -0.39 is 41.8 Å². The molecule has 9 heteroatoms. The third-order valence-corrected chi connectivity index (χ3v) is 9.79. The number of aliphatic hydroxyl groups is 3. The summed E-state index contributed by atoms with van der Waals surface area (Å²) in [4.78, 5) is 25.3. The Bertz CT molecular complexity index is 1290. The highest BCUT2D eigenvalue weighted by Crippen LogP contribution is 2.41. The van der Waals surface area contributed by atoms with E-state index in [0.29, 0.717) is 38.0 Å². The molecule has 2 fully saturated rings. The fourth-order valence-corrected chi connectivity index (χ4v) is 6.27. The van der Waals surface area contributed by atoms with Gasteiger partial charge in [-0.05, 0) is 50.5 Å². The molecule has 0 aliphatic carbocycles. The first-order valence-electron chi connectivity index (χ1n) is 18.1. The number of carbonyl (C=O) groups excluding carboxylic acids is 2. The second-order valence-electron chi connectivity index (χ2n) is 14.6. The van der Waals surface area contributed by atoms with Crippen molar-refractivity contribution in [2.45, 2.75) is 129 Å². The fourth-order valence-electron chi connectivity index (χ4n) is 6.27. The zero-order valence-electron chi connectivity index (χ0n) is 30.6. The lowest BCUT2D eigenvalue weighted by Crippen LogP contribution is -2.55. The molecule has 0 unspecified atom stereocenters. The van der Waals surface area contributed by atoms with Crippen LogP contribution in [0.2, 0.25) is 0 Å². The van der Waals surface area contributed by atoms with Gasteiger partial charge in [-0.1, -0.05) is 101 Å². The molecule has 0 aromatic carbocycles. The fraction of sp³-hybridized carbons (Fsp3) is 0.610. The van der Waals surface area contributed by atoms with Gasteiger partial charge < -0.3 is 34.3 Å². The lowest BCUT2D eigenvalue weighted by atomic mass is 9.73. The molecule has 3 aliphatic rings. The van der Waals surface area contributed by atoms with Crippen LogP contribution in [0, 0.1) is 17.3 Å². The Balaban J connectivity index is 1.71. The first-order chi connectivity index (χ1) is 23.8. The van der Waals surface area contributed by atoms with Crippen molar-refractivity contribution >= 4 is 11.9 Å². The standard InChI is InChI=1S/C41H60O9/c1-28(2)21-22-30(4)26-47-40(46)34(43)18-13-14-19-37-41(6,27-42)38-25-33(49-37)17-10-7-9-15-29(3)23-36-31(5)35(44)24-32(48-36)16-11-8-12-20-39(45)50-38/h8-15,17,20,23,28,31-38,42-44H,4,7,16,18-19,21-22,24-27H2,1-3,5-6H3/b11-8+,14-13?,15-9?,17-10+,20-12+,29-23-/t31-,32+,33-,34-,35+,36-,37+,38-,41+/m1/s1. The van der Waals surface area contributed by atoms with Crippen LogP contribution in [0.3, 0.4) is 0 Å². The maximum absolute atomic E-state index is 13.0. The van der Waals surface area contributed by atoms with Gasteiger partial charge >= 0.3 is 11.9 Å². The van der Waals surface area contributed by atoms with E-state index in [1.54, 1.807) is 18.2 Å². The van der Waals surface area contributed by atoms with Crippen molar-refractivity contribution in [2.24, 2.45) is 17.3 Å². The predicted molar refractivity (Wildman–Crippen MR) is 195 cm³/mol. The predicted octanol–water partition coefficient (Wildman–Crippen LogP) is 6.41. The Kier molecular flexibility index (Phi) is 17.1. The van der Waals surface area contributed by atoms with Crippen LogP contribution < -0.4 is 0 Å². The number of ether oxygens (including phenoxy) is 4. The number of carbonyl (C=O) groups is 2. The van der Waals surface area contributed by atoms with Crippen molar-refractivity contribution < 1.29 is 43.9 Å². The van der Waals surface area contributed by atoms with E-state index in [1.165, 1.54) is 6.08 Å². The van der Waals surface area contributed by atoms with Gasteiger partial charge in [-0.3, -0.25) is 0 Å². The van der Waals surface area contributed by atoms with Gasteiger partial charge in [-0.2, -0.15) is 0 Å². The molecule has 0 radical (unpaired) electrons. The van der Waals surface area contributed by atoms with Gasteiger partial charge in [-0.15, -0.1) is 0 Å². The second-order valence-corrected chi connectivity index (χ2v) is 14.6. The molecular weight excluding hydrogens is 636 g/mol. The molecule has 4 bridgehead atoms. The second kappa shape index (κ2) is 20.7. The van der Waals surface area contributed by atoms with Gasteiger partial charge in [0.1, 0.15) is 12.7 Å². The summed E-state index contributed by atoms with van der Waals surface area (Å²) < 4.78 is 23.9. The van der Waals surface area contributed by atoms with E-state index >= 15 is 0 Å². The van der Waals surface area contributed by atoms with Crippen LogP contribution in [0.5, 0.6) is 0 Å². The molecular formula is C41H60O9. The average molecular weight is 697 g/mol. The van der Waals surface area contributed by atoms with Gasteiger partial charge in [0.05, 0.1) is 42.5 Å². The van der Waals surface area contributed by atoms with Gasteiger partial charge in [0.25, 0.3) is 0 Å². The maximum Gasteiger partial charge on any atom is 0.335 e. The number of hydrogen-bond acceptors (Lipinski definition) is 9. The molecule has 0 spiro atoms. The Hall–Kier alpha value is -3.08. The van der Waals surface area contributed by atoms with Crippen LogP contribution in [-0.4, -0.2) is 83.2 Å². The van der Waals surface area contributed by atoms with Crippen molar-refractivity contribution in [1.29, 1.82) is 0 Å². The molecule has 9 nitrogen and oxygen atoms in total. The van der Waals surface area contributed by atoms with Crippen LogP contribution in [0.25, 0.3) is 0 Å². The molecule has 0 saturated carbocycles. The van der Waals surface area contributed by atoms with Crippen molar-refractivity contribution in [3.63, 3.8) is 0 Å². The van der Waals surface area contributed by atoms with E-state index in [0.717, 1.165) is 24.0 Å². The number of hydrogen-bond donors (Lipinski definition) is 3. The van der Waals surface area contributed by atoms with E-state index in [9.17, 15) is 24.9 Å². The minimum Gasteiger partial charge on any atom is -0.459 e. The minimum atomic E-state index is -1.31. The van der Waals surface area contributed by atoms with Crippen molar-refractivity contribution in [1.82, 2.24) is 0 Å². The Labute approximate surface area is 299 Å². The largest absolute Gasteiger partial charge is 0.459 e. The zero-order valence-corrected chi connectivity index (χ0v) is 30.6. The summed E-state index contributed by atoms with van der Waals surface area (Å²) in [5.41, 5.74) is 0.954. The molecule has 3 heterocycles. The summed E-state index contributed by atoms with van der Waals surface area (Å²) >= 11 is 0. The molecule has 278 valence electrons. The van der Waals surface area contributed by atoms with E-state index in [-0.39, 0.29) is 43.9 Å². The summed E-state index contributed by atoms with van der Waals surface area (Å²) in [7, 11) is 0. The molecule has 0 amide bonds. The molecule has 3 aliphatic heterocycles. The van der Waals surface area contributed by atoms with Gasteiger partial charge in [-0.25, -0.2) is 9.59 Å². The topological polar surface area (TPSA) is 132 Å². The SMILES string of the molecule is C=C(CCC(C)C)COC(=O)[C@H](O)CC=CC[C@@H]1O[C@@H]2/C=C/CC=C/C(C)=C\[C@H]3O[C@@H](C/C=C/C=C/C(=O)O[C@H](C2)[C@@]1(C)CO)C[C@H](O)[C@H]3C. The number of esters is 2. The highest BCUT2D eigenvalue weighted by molar-refractivity contribution is 5.82. The lowest BCUT2D eigenvalue weighted by Gasteiger charge is -2.47. The van der Waals surface area contributed by atoms with Crippen LogP contribution in [0.1, 0.15) is 86.0 Å². The molecule has 0 aromatic heterocycles. The van der Waals surface area contributed by atoms with Gasteiger partial charge in [0.15, 0.2) is 6.10 Å². The summed E-state index contributed by atoms with van der Waals surface area (Å²) in [5.74, 6) is -0.720. The molecule has 3 N–H and O–H groups in total. The van der Waals surface area contributed by atoms with Crippen molar-refractivity contribution in [3.05, 3.63) is 84.6 Å². The molecule has 2 saturated heterocycles. The number of allylic oxidation sites excluding steroid dienone is 6. The van der Waals surface area contributed by atoms with Crippen LogP contribution in [-0.2, 0) is 28.5 Å². The molecule has 50 heavy (non-hydrogen) atoms. The highest BCUT2D eigenvalue weighted by Gasteiger charge is 2.49. The Morgan fingerprint density at radius 1 is 1.14 bits per heavy atom. The normalized spacial score (nSPS) is 34.6. The maximum atomic E-state index is 13.0. The third kappa shape index (κ3) is 13.2. The van der Waals surface area contributed by atoms with Gasteiger partial charge in [0.2, 0.25) is 0 Å². The number of aliphatic hydroxyl groups excluding tert-OH is 3. The molecule has 9 atom stereocenters. The Morgan fingerprint density at radius 3 is 2.66 bits per heavy atom. The van der Waals surface area contributed by atoms with E-state index in [1.807, 2.05) is 57.2 Å². The first kappa shape index (κ1) is 41.3. The summed E-state index contributed by atoms with van der Waals surface area (Å²) in [6.45, 7) is 13.9. The summed E-state index contributed by atoms with van der Waals surface area (Å²) in [5, 5.41) is 31.6. The Morgan fingerprint density at radius 2 is 1.92 bits per heavy atom. The first-order valence-corrected chi connectivity index (χ1v) is 18.1. The van der Waals surface area contributed by atoms with Crippen LogP contribution >= 0.6 is 0 Å². The summed E-state index contributed by atoms with van der Waals surface area (Å²) in [6.07, 6.45) is 21.0. The third-order valence-electron chi connectivity index (χ3n) is 9.79. The van der Waals surface area contributed by atoms with Crippen molar-refractivity contribution in [3.8, 4) is 0 Å². The van der Waals surface area contributed by atoms with Crippen molar-refractivity contribution in [2.75, 3.05) is 13.2 Å². The lowest BCUT2D eigenvalue weighted by molar-refractivity contribution is -0.198. The number of fused-ring (bicyclic) bond motifs is 4.